The van der Waals surface area contributed by atoms with E-state index in [1.807, 2.05) is 6.92 Å². The molecule has 0 aliphatic rings. The highest BCUT2D eigenvalue weighted by Gasteiger charge is 2.31. The van der Waals surface area contributed by atoms with E-state index in [1.165, 1.54) is 13.1 Å². The van der Waals surface area contributed by atoms with Gasteiger partial charge in [-0.25, -0.2) is 4.39 Å². The van der Waals surface area contributed by atoms with Gasteiger partial charge in [-0.3, -0.25) is 9.79 Å². The molecule has 0 bridgehead atoms. The van der Waals surface area contributed by atoms with Crippen molar-refractivity contribution < 1.29 is 27.1 Å². The van der Waals surface area contributed by atoms with E-state index >= 15 is 0 Å². The van der Waals surface area contributed by atoms with Gasteiger partial charge < -0.3 is 10.1 Å². The Morgan fingerprint density at radius 2 is 2.04 bits per heavy atom. The Balaban J connectivity index is 3.26. The third-order valence-electron chi connectivity index (χ3n) is 2.75. The number of carbonyl (C=O) groups is 1. The van der Waals surface area contributed by atoms with Crippen LogP contribution in [-0.2, 0) is 4.79 Å². The molecule has 1 aromatic carbocycles. The van der Waals surface area contributed by atoms with Crippen LogP contribution in [0.4, 0.5) is 17.6 Å². The fraction of sp³-hybridized carbons (Fsp3) is 0.333. The molecule has 0 atom stereocenters. The first kappa shape index (κ1) is 18.7. The number of ether oxygens (including phenoxy) is 1. The number of nitrogens with zero attached hydrogens (tertiary/aromatic N) is 1. The zero-order valence-corrected chi connectivity index (χ0v) is 12.6. The minimum absolute atomic E-state index is 0.214. The van der Waals surface area contributed by atoms with E-state index in [0.29, 0.717) is 30.9 Å². The van der Waals surface area contributed by atoms with Crippen molar-refractivity contribution in [3.05, 3.63) is 35.7 Å². The lowest BCUT2D eigenvalue weighted by atomic mass is 10.00. The summed E-state index contributed by atoms with van der Waals surface area (Å²) in [6.07, 6.45) is -1.89. The van der Waals surface area contributed by atoms with Gasteiger partial charge in [0.2, 0.25) is 6.41 Å². The number of amidine groups is 1. The Morgan fingerprint density at radius 3 is 2.57 bits per heavy atom. The molecule has 23 heavy (non-hydrogen) atoms. The van der Waals surface area contributed by atoms with E-state index in [9.17, 15) is 22.4 Å². The highest BCUT2D eigenvalue weighted by atomic mass is 19.4. The number of alkyl halides is 3. The molecule has 0 saturated heterocycles. The topological polar surface area (TPSA) is 50.7 Å². The van der Waals surface area contributed by atoms with E-state index in [4.69, 9.17) is 0 Å². The van der Waals surface area contributed by atoms with Gasteiger partial charge in [-0.15, -0.1) is 13.2 Å². The first-order valence-corrected chi connectivity index (χ1v) is 6.73. The van der Waals surface area contributed by atoms with Gasteiger partial charge in [0.1, 0.15) is 17.4 Å². The minimum atomic E-state index is -4.91. The highest BCUT2D eigenvalue weighted by molar-refractivity contribution is 6.03. The number of allylic oxidation sites excluding steroid dienone is 1. The lowest BCUT2D eigenvalue weighted by molar-refractivity contribution is -0.274. The van der Waals surface area contributed by atoms with Crippen molar-refractivity contribution in [2.24, 2.45) is 4.99 Å². The lowest BCUT2D eigenvalue weighted by Gasteiger charge is -2.13. The lowest BCUT2D eigenvalue weighted by Crippen LogP contribution is -2.19. The normalized spacial score (nSPS) is 13.0. The van der Waals surface area contributed by atoms with Crippen LogP contribution in [0.2, 0.25) is 0 Å². The SMILES string of the molecule is CCC/C(=C\C(=NC)NC=O)c1cc(F)cc(OC(F)(F)F)c1. The predicted octanol–water partition coefficient (Wildman–Crippen LogP) is 3.68. The number of aliphatic imine (C=N–C) groups is 1. The summed E-state index contributed by atoms with van der Waals surface area (Å²) in [7, 11) is 1.44. The van der Waals surface area contributed by atoms with Crippen LogP contribution in [0.15, 0.2) is 29.3 Å². The van der Waals surface area contributed by atoms with Crippen molar-refractivity contribution in [2.45, 2.75) is 26.1 Å². The molecule has 0 saturated carbocycles. The van der Waals surface area contributed by atoms with Crippen molar-refractivity contribution in [3.8, 4) is 5.75 Å². The summed E-state index contributed by atoms with van der Waals surface area (Å²) in [5, 5.41) is 2.35. The summed E-state index contributed by atoms with van der Waals surface area (Å²) < 4.78 is 54.2. The van der Waals surface area contributed by atoms with Gasteiger partial charge in [0, 0.05) is 13.1 Å². The molecular formula is C15H16F4N2O2. The Kier molecular flexibility index (Phi) is 6.74. The second kappa shape index (κ2) is 8.30. The molecule has 1 rings (SSSR count). The molecule has 8 heteroatoms. The van der Waals surface area contributed by atoms with Gasteiger partial charge in [-0.1, -0.05) is 13.3 Å². The van der Waals surface area contributed by atoms with E-state index in [0.717, 1.165) is 12.1 Å². The van der Waals surface area contributed by atoms with Crippen LogP contribution in [0.5, 0.6) is 5.75 Å². The van der Waals surface area contributed by atoms with Crippen molar-refractivity contribution in [1.29, 1.82) is 0 Å². The zero-order chi connectivity index (χ0) is 17.5. The van der Waals surface area contributed by atoms with Crippen LogP contribution in [0.3, 0.4) is 0 Å². The molecule has 0 aliphatic carbocycles. The van der Waals surface area contributed by atoms with Gasteiger partial charge in [-0.05, 0) is 35.8 Å². The van der Waals surface area contributed by atoms with Crippen molar-refractivity contribution in [2.75, 3.05) is 7.05 Å². The Bertz CT molecular complexity index is 610. The van der Waals surface area contributed by atoms with Gasteiger partial charge in [0.15, 0.2) is 0 Å². The fourth-order valence-electron chi connectivity index (χ4n) is 1.91. The highest BCUT2D eigenvalue weighted by Crippen LogP contribution is 2.29. The number of amides is 1. The number of benzene rings is 1. The summed E-state index contributed by atoms with van der Waals surface area (Å²) >= 11 is 0. The molecular weight excluding hydrogens is 316 g/mol. The maximum Gasteiger partial charge on any atom is 0.573 e. The van der Waals surface area contributed by atoms with Crippen LogP contribution >= 0.6 is 0 Å². The van der Waals surface area contributed by atoms with Crippen LogP contribution in [0, 0.1) is 5.82 Å². The zero-order valence-electron chi connectivity index (χ0n) is 12.6. The Hall–Kier alpha value is -2.38. The molecule has 1 amide bonds. The third-order valence-corrected chi connectivity index (χ3v) is 2.75. The first-order valence-electron chi connectivity index (χ1n) is 6.73. The number of nitrogens with one attached hydrogen (secondary N) is 1. The number of halogens is 4. The second-order valence-corrected chi connectivity index (χ2v) is 4.51. The van der Waals surface area contributed by atoms with Crippen LogP contribution < -0.4 is 10.1 Å². The van der Waals surface area contributed by atoms with Gasteiger partial charge in [-0.2, -0.15) is 0 Å². The molecule has 0 heterocycles. The van der Waals surface area contributed by atoms with Crippen molar-refractivity contribution in [3.63, 3.8) is 0 Å². The number of carbonyl (C=O) groups excluding carboxylic acids is 1. The summed E-state index contributed by atoms with van der Waals surface area (Å²) in [4.78, 5) is 14.3. The van der Waals surface area contributed by atoms with Gasteiger partial charge in [0.05, 0.1) is 0 Å². The van der Waals surface area contributed by atoms with Crippen LogP contribution in [-0.4, -0.2) is 25.7 Å². The smallest absolute Gasteiger partial charge is 0.406 e. The molecule has 0 unspecified atom stereocenters. The summed E-state index contributed by atoms with van der Waals surface area (Å²) in [6, 6.07) is 2.84. The molecule has 0 fully saturated rings. The Morgan fingerprint density at radius 1 is 1.35 bits per heavy atom. The average molecular weight is 332 g/mol. The van der Waals surface area contributed by atoms with E-state index in [1.54, 1.807) is 0 Å². The van der Waals surface area contributed by atoms with E-state index in [-0.39, 0.29) is 11.4 Å². The molecule has 126 valence electrons. The second-order valence-electron chi connectivity index (χ2n) is 4.51. The molecule has 0 aromatic heterocycles. The summed E-state index contributed by atoms with van der Waals surface area (Å²) in [6.45, 7) is 1.86. The molecule has 4 nitrogen and oxygen atoms in total. The standard InChI is InChI=1S/C15H16F4N2O2/c1-3-4-10(7-14(20-2)21-9-22)11-5-12(16)8-13(6-11)23-15(17,18)19/h5-9H,3-4H2,1-2H3,(H,20,21,22)/b10-7+. The molecule has 0 radical (unpaired) electrons. The fourth-order valence-corrected chi connectivity index (χ4v) is 1.91. The first-order chi connectivity index (χ1) is 10.8. The maximum absolute atomic E-state index is 13.6. The van der Waals surface area contributed by atoms with Crippen molar-refractivity contribution in [1.82, 2.24) is 5.32 Å². The van der Waals surface area contributed by atoms with Gasteiger partial charge in [0.25, 0.3) is 0 Å². The molecule has 1 aromatic rings. The Labute approximate surface area is 130 Å². The maximum atomic E-state index is 13.6. The number of hydrogen-bond acceptors (Lipinski definition) is 3. The van der Waals surface area contributed by atoms with E-state index < -0.39 is 17.9 Å². The van der Waals surface area contributed by atoms with E-state index in [2.05, 4.69) is 15.0 Å². The van der Waals surface area contributed by atoms with Crippen LogP contribution in [0.25, 0.3) is 5.57 Å². The number of rotatable bonds is 6. The molecule has 0 aliphatic heterocycles. The summed E-state index contributed by atoms with van der Waals surface area (Å²) in [5.74, 6) is -1.29. The third kappa shape index (κ3) is 6.50. The minimum Gasteiger partial charge on any atom is -0.406 e. The molecule has 0 spiro atoms. The summed E-state index contributed by atoms with van der Waals surface area (Å²) in [5.41, 5.74) is 0.744. The monoisotopic (exact) mass is 332 g/mol. The number of hydrogen-bond donors (Lipinski definition) is 1. The largest absolute Gasteiger partial charge is 0.573 e. The van der Waals surface area contributed by atoms with Crippen LogP contribution in [0.1, 0.15) is 25.3 Å². The van der Waals surface area contributed by atoms with Crippen molar-refractivity contribution >= 4 is 17.8 Å². The van der Waals surface area contributed by atoms with Gasteiger partial charge >= 0.3 is 6.36 Å². The predicted molar refractivity (Wildman–Crippen MR) is 78.5 cm³/mol. The quantitative estimate of drug-likeness (QED) is 0.374. The molecule has 1 N–H and O–H groups in total. The average Bonchev–Trinajstić information content (AvgIpc) is 2.43.